The van der Waals surface area contributed by atoms with Gasteiger partial charge in [-0.1, -0.05) is 0 Å². The first-order valence-corrected chi connectivity index (χ1v) is 7.67. The van der Waals surface area contributed by atoms with Crippen LogP contribution in [0.25, 0.3) is 5.69 Å². The Bertz CT molecular complexity index is 749. The molecule has 128 valence electrons. The highest BCUT2D eigenvalue weighted by atomic mass is 19.1. The van der Waals surface area contributed by atoms with Gasteiger partial charge in [-0.05, 0) is 58.0 Å². The lowest BCUT2D eigenvalue weighted by Gasteiger charge is -2.12. The predicted molar refractivity (Wildman–Crippen MR) is 86.7 cm³/mol. The Morgan fingerprint density at radius 1 is 1.21 bits per heavy atom. The van der Waals surface area contributed by atoms with Crippen molar-refractivity contribution in [3.63, 3.8) is 0 Å². The number of hydrogen-bond donors (Lipinski definition) is 0. The second-order valence-corrected chi connectivity index (χ2v) is 5.40. The number of halogens is 1. The molecule has 0 aliphatic rings. The number of ether oxygens (including phenoxy) is 2. The summed E-state index contributed by atoms with van der Waals surface area (Å²) in [5, 5.41) is 0. The number of hydrogen-bond acceptors (Lipinski definition) is 4. The van der Waals surface area contributed by atoms with Gasteiger partial charge in [0.05, 0.1) is 12.2 Å². The van der Waals surface area contributed by atoms with Crippen LogP contribution in [0.5, 0.6) is 0 Å². The second-order valence-electron chi connectivity index (χ2n) is 5.40. The number of esters is 2. The van der Waals surface area contributed by atoms with E-state index in [2.05, 4.69) is 0 Å². The number of benzene rings is 1. The molecule has 1 aromatic carbocycles. The number of nitrogens with zero attached hydrogens (tertiary/aromatic N) is 1. The van der Waals surface area contributed by atoms with E-state index in [-0.39, 0.29) is 12.4 Å². The number of aromatic nitrogens is 1. The minimum absolute atomic E-state index is 0.222. The van der Waals surface area contributed by atoms with Gasteiger partial charge < -0.3 is 14.0 Å². The van der Waals surface area contributed by atoms with Gasteiger partial charge >= 0.3 is 11.9 Å². The van der Waals surface area contributed by atoms with Crippen LogP contribution >= 0.6 is 0 Å². The zero-order valence-corrected chi connectivity index (χ0v) is 14.1. The molecule has 0 radical (unpaired) electrons. The van der Waals surface area contributed by atoms with E-state index in [1.807, 2.05) is 11.5 Å². The van der Waals surface area contributed by atoms with E-state index in [0.29, 0.717) is 11.3 Å². The summed E-state index contributed by atoms with van der Waals surface area (Å²) in [4.78, 5) is 23.9. The summed E-state index contributed by atoms with van der Waals surface area (Å²) in [6.07, 6.45) is -0.980. The van der Waals surface area contributed by atoms with Crippen molar-refractivity contribution in [2.45, 2.75) is 33.8 Å². The molecule has 2 rings (SSSR count). The Morgan fingerprint density at radius 3 is 2.42 bits per heavy atom. The molecule has 0 bridgehead atoms. The molecule has 0 fully saturated rings. The van der Waals surface area contributed by atoms with Crippen molar-refractivity contribution in [3.05, 3.63) is 53.1 Å². The summed E-state index contributed by atoms with van der Waals surface area (Å²) in [5.74, 6) is -1.51. The first-order chi connectivity index (χ1) is 11.3. The quantitative estimate of drug-likeness (QED) is 0.788. The molecule has 6 heteroatoms. The summed E-state index contributed by atoms with van der Waals surface area (Å²) in [6.45, 7) is 6.97. The lowest BCUT2D eigenvalue weighted by Crippen LogP contribution is -2.26. The second kappa shape index (κ2) is 7.29. The van der Waals surface area contributed by atoms with Crippen molar-refractivity contribution in [1.29, 1.82) is 0 Å². The molecule has 0 amide bonds. The molecule has 2 aromatic rings. The molecule has 24 heavy (non-hydrogen) atoms. The maximum absolute atomic E-state index is 13.1. The molecule has 0 N–H and O–H groups in total. The first kappa shape index (κ1) is 17.7. The molecule has 0 aliphatic heterocycles. The van der Waals surface area contributed by atoms with Crippen molar-refractivity contribution in [2.75, 3.05) is 6.61 Å². The van der Waals surface area contributed by atoms with Crippen LogP contribution in [-0.2, 0) is 14.3 Å². The van der Waals surface area contributed by atoms with Crippen LogP contribution in [-0.4, -0.2) is 29.2 Å². The van der Waals surface area contributed by atoms with Crippen LogP contribution in [0.15, 0.2) is 30.3 Å². The highest BCUT2D eigenvalue weighted by Gasteiger charge is 2.23. The Balaban J connectivity index is 2.26. The van der Waals surface area contributed by atoms with E-state index < -0.39 is 18.0 Å². The van der Waals surface area contributed by atoms with Crippen LogP contribution < -0.4 is 0 Å². The lowest BCUT2D eigenvalue weighted by atomic mass is 10.2. The first-order valence-electron chi connectivity index (χ1n) is 7.67. The van der Waals surface area contributed by atoms with Gasteiger partial charge in [0, 0.05) is 17.1 Å². The fraction of sp³-hybridized carbons (Fsp3) is 0.333. The normalized spacial score (nSPS) is 11.9. The molecule has 1 aromatic heterocycles. The van der Waals surface area contributed by atoms with Gasteiger partial charge in [0.15, 0.2) is 6.10 Å². The average molecular weight is 333 g/mol. The number of aryl methyl sites for hydroxylation is 1. The predicted octanol–water partition coefficient (Wildman–Crippen LogP) is 3.34. The van der Waals surface area contributed by atoms with Crippen LogP contribution in [0.1, 0.15) is 35.6 Å². The fourth-order valence-corrected chi connectivity index (χ4v) is 2.49. The maximum Gasteiger partial charge on any atom is 0.347 e. The average Bonchev–Trinajstić information content (AvgIpc) is 2.83. The van der Waals surface area contributed by atoms with Crippen molar-refractivity contribution < 1.29 is 23.5 Å². The molecular formula is C18H20FNO4. The van der Waals surface area contributed by atoms with Gasteiger partial charge in [-0.15, -0.1) is 0 Å². The third-order valence-electron chi connectivity index (χ3n) is 3.64. The van der Waals surface area contributed by atoms with Crippen molar-refractivity contribution in [2.24, 2.45) is 0 Å². The van der Waals surface area contributed by atoms with Crippen molar-refractivity contribution >= 4 is 11.9 Å². The topological polar surface area (TPSA) is 57.5 Å². The Labute approximate surface area is 140 Å². The van der Waals surface area contributed by atoms with Gasteiger partial charge in [-0.3, -0.25) is 0 Å². The van der Waals surface area contributed by atoms with Crippen LogP contribution in [0, 0.1) is 19.7 Å². The number of carbonyl (C=O) groups is 2. The molecule has 0 saturated carbocycles. The Kier molecular flexibility index (Phi) is 5.39. The SMILES string of the molecule is CCOC(=O)C(C)OC(=O)c1cc(C)n(-c2ccc(F)cc2)c1C. The summed E-state index contributed by atoms with van der Waals surface area (Å²) in [5.41, 5.74) is 2.55. The van der Waals surface area contributed by atoms with E-state index in [1.165, 1.54) is 19.1 Å². The van der Waals surface area contributed by atoms with E-state index in [0.717, 1.165) is 11.4 Å². The fourth-order valence-electron chi connectivity index (χ4n) is 2.49. The zero-order chi connectivity index (χ0) is 17.9. The van der Waals surface area contributed by atoms with Gasteiger partial charge in [-0.25, -0.2) is 14.0 Å². The van der Waals surface area contributed by atoms with Crippen LogP contribution in [0.3, 0.4) is 0 Å². The number of rotatable bonds is 5. The summed E-state index contributed by atoms with van der Waals surface area (Å²) >= 11 is 0. The highest BCUT2D eigenvalue weighted by Crippen LogP contribution is 2.22. The zero-order valence-electron chi connectivity index (χ0n) is 14.1. The standard InChI is InChI=1S/C18H20FNO4/c1-5-23-17(21)13(4)24-18(22)16-10-11(2)20(12(16)3)15-8-6-14(19)7-9-15/h6-10,13H,5H2,1-4H3. The Hall–Kier alpha value is -2.63. The maximum atomic E-state index is 13.1. The molecule has 0 spiro atoms. The third-order valence-corrected chi connectivity index (χ3v) is 3.64. The molecule has 0 saturated heterocycles. The molecule has 5 nitrogen and oxygen atoms in total. The van der Waals surface area contributed by atoms with Crippen LogP contribution in [0.4, 0.5) is 4.39 Å². The van der Waals surface area contributed by atoms with E-state index in [9.17, 15) is 14.0 Å². The van der Waals surface area contributed by atoms with E-state index in [4.69, 9.17) is 9.47 Å². The molecule has 0 aliphatic carbocycles. The van der Waals surface area contributed by atoms with Crippen LogP contribution in [0.2, 0.25) is 0 Å². The van der Waals surface area contributed by atoms with Gasteiger partial charge in [0.2, 0.25) is 0 Å². The molecular weight excluding hydrogens is 313 g/mol. The molecule has 1 heterocycles. The number of carbonyl (C=O) groups excluding carboxylic acids is 2. The summed E-state index contributed by atoms with van der Waals surface area (Å²) in [6, 6.07) is 7.65. The van der Waals surface area contributed by atoms with Gasteiger partial charge in [-0.2, -0.15) is 0 Å². The minimum Gasteiger partial charge on any atom is -0.463 e. The lowest BCUT2D eigenvalue weighted by molar-refractivity contribution is -0.152. The smallest absolute Gasteiger partial charge is 0.347 e. The molecule has 1 unspecified atom stereocenters. The molecule has 1 atom stereocenters. The largest absolute Gasteiger partial charge is 0.463 e. The summed E-state index contributed by atoms with van der Waals surface area (Å²) in [7, 11) is 0. The Morgan fingerprint density at radius 2 is 1.83 bits per heavy atom. The monoisotopic (exact) mass is 333 g/mol. The summed E-state index contributed by atoms with van der Waals surface area (Å²) < 4.78 is 24.9. The van der Waals surface area contributed by atoms with Gasteiger partial charge in [0.25, 0.3) is 0 Å². The van der Waals surface area contributed by atoms with E-state index in [1.54, 1.807) is 32.0 Å². The highest BCUT2D eigenvalue weighted by molar-refractivity contribution is 5.93. The third kappa shape index (κ3) is 3.64. The van der Waals surface area contributed by atoms with Crippen molar-refractivity contribution in [3.8, 4) is 5.69 Å². The van der Waals surface area contributed by atoms with Crippen molar-refractivity contribution in [1.82, 2.24) is 4.57 Å². The van der Waals surface area contributed by atoms with Gasteiger partial charge in [0.1, 0.15) is 5.82 Å². The van der Waals surface area contributed by atoms with E-state index >= 15 is 0 Å². The minimum atomic E-state index is -0.980.